The van der Waals surface area contributed by atoms with E-state index in [2.05, 4.69) is 33.2 Å². The van der Waals surface area contributed by atoms with E-state index in [1.165, 1.54) is 0 Å². The van der Waals surface area contributed by atoms with Crippen LogP contribution in [-0.2, 0) is 0 Å². The van der Waals surface area contributed by atoms with E-state index in [1.807, 2.05) is 25.2 Å². The minimum atomic E-state index is 0.249. The first-order chi connectivity index (χ1) is 9.10. The number of nitrogens with one attached hydrogen (secondary N) is 1. The maximum Gasteiger partial charge on any atom is 0.219 e. The van der Waals surface area contributed by atoms with Crippen LogP contribution in [0.4, 0.5) is 0 Å². The summed E-state index contributed by atoms with van der Waals surface area (Å²) in [5.41, 5.74) is 1.12. The Kier molecular flexibility index (Phi) is 4.80. The highest BCUT2D eigenvalue weighted by Gasteiger charge is 2.07. The van der Waals surface area contributed by atoms with E-state index in [0.717, 1.165) is 10.0 Å². The van der Waals surface area contributed by atoms with Crippen LogP contribution >= 0.6 is 27.5 Å². The average Bonchev–Trinajstić information content (AvgIpc) is 2.41. The van der Waals surface area contributed by atoms with Gasteiger partial charge in [0.1, 0.15) is 5.75 Å². The predicted molar refractivity (Wildman–Crippen MR) is 80.9 cm³/mol. The van der Waals surface area contributed by atoms with Crippen LogP contribution in [0.1, 0.15) is 18.5 Å². The van der Waals surface area contributed by atoms with Gasteiger partial charge in [-0.25, -0.2) is 4.98 Å². The van der Waals surface area contributed by atoms with Crippen molar-refractivity contribution >= 4 is 27.5 Å². The molecular weight excluding hydrogens is 328 g/mol. The molecule has 5 heteroatoms. The Morgan fingerprint density at radius 1 is 1.32 bits per heavy atom. The van der Waals surface area contributed by atoms with Gasteiger partial charge in [-0.05, 0) is 59.7 Å². The first-order valence-electron chi connectivity index (χ1n) is 5.86. The van der Waals surface area contributed by atoms with Crippen molar-refractivity contribution < 1.29 is 4.74 Å². The molecule has 1 aromatic carbocycles. The highest BCUT2D eigenvalue weighted by atomic mass is 79.9. The minimum absolute atomic E-state index is 0.249. The number of nitrogens with zero attached hydrogens (tertiary/aromatic N) is 1. The summed E-state index contributed by atoms with van der Waals surface area (Å²) < 4.78 is 6.55. The first-order valence-corrected chi connectivity index (χ1v) is 7.03. The lowest BCUT2D eigenvalue weighted by Gasteiger charge is -2.12. The standard InChI is InChI=1S/C14H14BrClN2O/c1-9(17-2)10-5-6-18-14(7-10)19-13-4-3-11(16)8-12(13)15/h3-9,17H,1-2H3. The van der Waals surface area contributed by atoms with Gasteiger partial charge in [-0.15, -0.1) is 0 Å². The molecule has 0 aliphatic carbocycles. The fourth-order valence-corrected chi connectivity index (χ4v) is 2.35. The van der Waals surface area contributed by atoms with Gasteiger partial charge < -0.3 is 10.1 Å². The van der Waals surface area contributed by atoms with Crippen molar-refractivity contribution in [2.75, 3.05) is 7.05 Å². The van der Waals surface area contributed by atoms with E-state index in [0.29, 0.717) is 16.7 Å². The Hall–Kier alpha value is -1.10. The molecule has 1 aromatic heterocycles. The van der Waals surface area contributed by atoms with E-state index in [-0.39, 0.29) is 6.04 Å². The fraction of sp³-hybridized carbons (Fsp3) is 0.214. The van der Waals surface area contributed by atoms with Crippen molar-refractivity contribution in [3.8, 4) is 11.6 Å². The summed E-state index contributed by atoms with van der Waals surface area (Å²) in [6.45, 7) is 2.08. The van der Waals surface area contributed by atoms with Crippen molar-refractivity contribution in [2.24, 2.45) is 0 Å². The molecule has 0 amide bonds. The number of ether oxygens (including phenoxy) is 1. The second-order valence-corrected chi connectivity index (χ2v) is 5.41. The van der Waals surface area contributed by atoms with Gasteiger partial charge in [-0.1, -0.05) is 11.6 Å². The smallest absolute Gasteiger partial charge is 0.219 e. The zero-order chi connectivity index (χ0) is 13.8. The largest absolute Gasteiger partial charge is 0.438 e. The van der Waals surface area contributed by atoms with Crippen molar-refractivity contribution in [1.29, 1.82) is 0 Å². The van der Waals surface area contributed by atoms with Gasteiger partial charge in [-0.2, -0.15) is 0 Å². The topological polar surface area (TPSA) is 34.2 Å². The molecule has 0 aliphatic rings. The van der Waals surface area contributed by atoms with Crippen molar-refractivity contribution in [2.45, 2.75) is 13.0 Å². The molecule has 2 aromatic rings. The summed E-state index contributed by atoms with van der Waals surface area (Å²) in [5, 5.41) is 3.84. The summed E-state index contributed by atoms with van der Waals surface area (Å²) in [4.78, 5) is 4.21. The number of aromatic nitrogens is 1. The third-order valence-corrected chi connectivity index (χ3v) is 3.66. The lowest BCUT2D eigenvalue weighted by atomic mass is 10.1. The van der Waals surface area contributed by atoms with Gasteiger partial charge in [0.05, 0.1) is 4.47 Å². The first kappa shape index (κ1) is 14.3. The molecule has 2 rings (SSSR count). The molecule has 19 heavy (non-hydrogen) atoms. The SMILES string of the molecule is CNC(C)c1ccnc(Oc2ccc(Cl)cc2Br)c1. The highest BCUT2D eigenvalue weighted by Crippen LogP contribution is 2.31. The van der Waals surface area contributed by atoms with E-state index in [9.17, 15) is 0 Å². The van der Waals surface area contributed by atoms with Gasteiger partial charge in [-0.3, -0.25) is 0 Å². The number of rotatable bonds is 4. The van der Waals surface area contributed by atoms with Gasteiger partial charge in [0.25, 0.3) is 0 Å². The third-order valence-electron chi connectivity index (χ3n) is 2.80. The van der Waals surface area contributed by atoms with Crippen LogP contribution in [0, 0.1) is 0 Å². The molecule has 0 spiro atoms. The maximum absolute atomic E-state index is 5.90. The van der Waals surface area contributed by atoms with E-state index in [4.69, 9.17) is 16.3 Å². The Morgan fingerprint density at radius 2 is 2.11 bits per heavy atom. The average molecular weight is 342 g/mol. The minimum Gasteiger partial charge on any atom is -0.438 e. The zero-order valence-corrected chi connectivity index (χ0v) is 13.0. The molecule has 1 heterocycles. The van der Waals surface area contributed by atoms with E-state index >= 15 is 0 Å². The van der Waals surface area contributed by atoms with Crippen molar-refractivity contribution in [1.82, 2.24) is 10.3 Å². The van der Waals surface area contributed by atoms with Crippen LogP contribution < -0.4 is 10.1 Å². The lowest BCUT2D eigenvalue weighted by molar-refractivity contribution is 0.458. The van der Waals surface area contributed by atoms with E-state index in [1.54, 1.807) is 18.3 Å². The lowest BCUT2D eigenvalue weighted by Crippen LogP contribution is -2.12. The number of benzene rings is 1. The molecule has 1 unspecified atom stereocenters. The molecule has 1 N–H and O–H groups in total. The summed E-state index contributed by atoms with van der Waals surface area (Å²) in [7, 11) is 1.92. The molecule has 0 saturated carbocycles. The number of pyridine rings is 1. The Bertz CT molecular complexity index is 577. The Labute approximate surface area is 126 Å². The van der Waals surface area contributed by atoms with Gasteiger partial charge in [0.2, 0.25) is 5.88 Å². The number of hydrogen-bond acceptors (Lipinski definition) is 3. The molecule has 0 aliphatic heterocycles. The van der Waals surface area contributed by atoms with Gasteiger partial charge in [0.15, 0.2) is 0 Å². The number of halogens is 2. The van der Waals surface area contributed by atoms with Gasteiger partial charge in [0, 0.05) is 23.3 Å². The second-order valence-electron chi connectivity index (χ2n) is 4.11. The van der Waals surface area contributed by atoms with Gasteiger partial charge >= 0.3 is 0 Å². The zero-order valence-electron chi connectivity index (χ0n) is 10.7. The van der Waals surface area contributed by atoms with Crippen molar-refractivity contribution in [3.05, 3.63) is 51.6 Å². The highest BCUT2D eigenvalue weighted by molar-refractivity contribution is 9.10. The van der Waals surface area contributed by atoms with Crippen molar-refractivity contribution in [3.63, 3.8) is 0 Å². The molecule has 0 fully saturated rings. The summed E-state index contributed by atoms with van der Waals surface area (Å²) in [6, 6.07) is 9.51. The third kappa shape index (κ3) is 3.69. The molecule has 0 bridgehead atoms. The molecule has 0 radical (unpaired) electrons. The summed E-state index contributed by atoms with van der Waals surface area (Å²) in [6.07, 6.45) is 1.74. The van der Waals surface area contributed by atoms with Crippen LogP contribution in [0.3, 0.4) is 0 Å². The van der Waals surface area contributed by atoms with Crippen LogP contribution in [0.2, 0.25) is 5.02 Å². The fourth-order valence-electron chi connectivity index (χ4n) is 1.59. The van der Waals surface area contributed by atoms with Crippen LogP contribution in [0.25, 0.3) is 0 Å². The second kappa shape index (κ2) is 6.37. The van der Waals surface area contributed by atoms with Crippen LogP contribution in [-0.4, -0.2) is 12.0 Å². The van der Waals surface area contributed by atoms with Crippen LogP contribution in [0.15, 0.2) is 41.0 Å². The molecule has 1 atom stereocenters. The molecule has 0 saturated heterocycles. The number of hydrogen-bond donors (Lipinski definition) is 1. The monoisotopic (exact) mass is 340 g/mol. The Balaban J connectivity index is 2.23. The summed E-state index contributed by atoms with van der Waals surface area (Å²) in [5.74, 6) is 1.24. The van der Waals surface area contributed by atoms with Crippen LogP contribution in [0.5, 0.6) is 11.6 Å². The predicted octanol–water partition coefficient (Wildman–Crippen LogP) is 4.57. The summed E-state index contributed by atoms with van der Waals surface area (Å²) >= 11 is 9.31. The molecule has 3 nitrogen and oxygen atoms in total. The molecular formula is C14H14BrClN2O. The molecule has 100 valence electrons. The maximum atomic E-state index is 5.90. The van der Waals surface area contributed by atoms with E-state index < -0.39 is 0 Å². The normalized spacial score (nSPS) is 12.2. The quantitative estimate of drug-likeness (QED) is 0.884. The Morgan fingerprint density at radius 3 is 2.79 bits per heavy atom.